The number of hydrogen-bond donors (Lipinski definition) is 2. The molecule has 1 saturated heterocycles. The summed E-state index contributed by atoms with van der Waals surface area (Å²) in [6.07, 6.45) is 3.64. The molecular formula is C14H20FNO2. The highest BCUT2D eigenvalue weighted by molar-refractivity contribution is 5.29. The van der Waals surface area contributed by atoms with E-state index in [0.29, 0.717) is 5.56 Å². The molecule has 2 atom stereocenters. The van der Waals surface area contributed by atoms with E-state index < -0.39 is 0 Å². The van der Waals surface area contributed by atoms with Gasteiger partial charge in [0.2, 0.25) is 0 Å². The standard InChI is InChI=1S/C14H20FNO2/c1-10(13-6-5-11(17)8-14(13)15)16-9-12-4-2-3-7-18-12/h5-6,8,10,12,16-17H,2-4,7,9H2,1H3. The zero-order chi connectivity index (χ0) is 13.0. The molecule has 0 spiro atoms. The molecule has 0 saturated carbocycles. The summed E-state index contributed by atoms with van der Waals surface area (Å²) < 4.78 is 19.3. The molecule has 1 heterocycles. The van der Waals surface area contributed by atoms with E-state index in [2.05, 4.69) is 5.32 Å². The molecule has 1 aliphatic rings. The van der Waals surface area contributed by atoms with E-state index in [0.717, 1.165) is 32.1 Å². The van der Waals surface area contributed by atoms with Gasteiger partial charge in [-0.3, -0.25) is 0 Å². The lowest BCUT2D eigenvalue weighted by Crippen LogP contribution is -2.33. The van der Waals surface area contributed by atoms with E-state index >= 15 is 0 Å². The van der Waals surface area contributed by atoms with Gasteiger partial charge in [0, 0.05) is 30.8 Å². The lowest BCUT2D eigenvalue weighted by atomic mass is 10.1. The minimum atomic E-state index is -0.375. The van der Waals surface area contributed by atoms with Gasteiger partial charge < -0.3 is 15.2 Å². The first-order chi connectivity index (χ1) is 8.66. The van der Waals surface area contributed by atoms with Crippen molar-refractivity contribution in [2.45, 2.75) is 38.3 Å². The summed E-state index contributed by atoms with van der Waals surface area (Å²) in [4.78, 5) is 0. The second kappa shape index (κ2) is 6.16. The van der Waals surface area contributed by atoms with E-state index in [9.17, 15) is 9.50 Å². The number of rotatable bonds is 4. The van der Waals surface area contributed by atoms with Crippen molar-refractivity contribution >= 4 is 0 Å². The highest BCUT2D eigenvalue weighted by Gasteiger charge is 2.16. The molecule has 1 aliphatic heterocycles. The van der Waals surface area contributed by atoms with Crippen molar-refractivity contribution in [1.29, 1.82) is 0 Å². The Morgan fingerprint density at radius 2 is 2.33 bits per heavy atom. The van der Waals surface area contributed by atoms with Crippen LogP contribution in [0.4, 0.5) is 4.39 Å². The van der Waals surface area contributed by atoms with Crippen LogP contribution in [0.3, 0.4) is 0 Å². The SMILES string of the molecule is CC(NCC1CCCCO1)c1ccc(O)cc1F. The highest BCUT2D eigenvalue weighted by atomic mass is 19.1. The molecule has 2 N–H and O–H groups in total. The minimum absolute atomic E-state index is 0.0425. The molecule has 0 aromatic heterocycles. The van der Waals surface area contributed by atoms with Crippen molar-refractivity contribution < 1.29 is 14.2 Å². The van der Waals surface area contributed by atoms with Crippen molar-refractivity contribution in [2.75, 3.05) is 13.2 Å². The Morgan fingerprint density at radius 1 is 1.50 bits per heavy atom. The van der Waals surface area contributed by atoms with Gasteiger partial charge in [-0.1, -0.05) is 6.07 Å². The van der Waals surface area contributed by atoms with Crippen LogP contribution in [0.1, 0.15) is 37.8 Å². The molecule has 0 radical (unpaired) electrons. The van der Waals surface area contributed by atoms with Gasteiger partial charge in [-0.15, -0.1) is 0 Å². The quantitative estimate of drug-likeness (QED) is 0.867. The van der Waals surface area contributed by atoms with Gasteiger partial charge in [0.1, 0.15) is 11.6 Å². The Hall–Kier alpha value is -1.13. The van der Waals surface area contributed by atoms with Crippen LogP contribution < -0.4 is 5.32 Å². The third kappa shape index (κ3) is 3.43. The second-order valence-electron chi connectivity index (χ2n) is 4.82. The fraction of sp³-hybridized carbons (Fsp3) is 0.571. The summed E-state index contributed by atoms with van der Waals surface area (Å²) in [5.74, 6) is -0.418. The van der Waals surface area contributed by atoms with E-state index in [1.165, 1.54) is 12.5 Å². The number of aromatic hydroxyl groups is 1. The van der Waals surface area contributed by atoms with Crippen molar-refractivity contribution in [3.63, 3.8) is 0 Å². The predicted octanol–water partition coefficient (Wildman–Crippen LogP) is 2.75. The van der Waals surface area contributed by atoms with Gasteiger partial charge in [-0.05, 0) is 32.3 Å². The van der Waals surface area contributed by atoms with Crippen LogP contribution in [0.5, 0.6) is 5.75 Å². The lowest BCUT2D eigenvalue weighted by Gasteiger charge is -2.25. The van der Waals surface area contributed by atoms with Crippen molar-refractivity contribution in [3.8, 4) is 5.75 Å². The van der Waals surface area contributed by atoms with Crippen LogP contribution in [0.15, 0.2) is 18.2 Å². The molecule has 1 aromatic rings. The smallest absolute Gasteiger partial charge is 0.131 e. The van der Waals surface area contributed by atoms with Crippen LogP contribution in [0, 0.1) is 5.82 Å². The van der Waals surface area contributed by atoms with E-state index in [1.54, 1.807) is 6.07 Å². The van der Waals surface area contributed by atoms with Gasteiger partial charge >= 0.3 is 0 Å². The molecule has 4 heteroatoms. The van der Waals surface area contributed by atoms with Crippen LogP contribution in [0.25, 0.3) is 0 Å². The van der Waals surface area contributed by atoms with Gasteiger partial charge in [0.05, 0.1) is 6.10 Å². The number of benzene rings is 1. The zero-order valence-corrected chi connectivity index (χ0v) is 10.7. The summed E-state index contributed by atoms with van der Waals surface area (Å²) in [5.41, 5.74) is 0.573. The molecule has 0 aliphatic carbocycles. The maximum atomic E-state index is 13.6. The summed E-state index contributed by atoms with van der Waals surface area (Å²) in [6, 6.07) is 4.18. The third-order valence-corrected chi connectivity index (χ3v) is 3.38. The van der Waals surface area contributed by atoms with Crippen LogP contribution in [0.2, 0.25) is 0 Å². The normalized spacial score (nSPS) is 21.8. The van der Waals surface area contributed by atoms with E-state index in [4.69, 9.17) is 4.74 Å². The van der Waals surface area contributed by atoms with Crippen molar-refractivity contribution in [2.24, 2.45) is 0 Å². The predicted molar refractivity (Wildman–Crippen MR) is 68.1 cm³/mol. The fourth-order valence-corrected chi connectivity index (χ4v) is 2.25. The van der Waals surface area contributed by atoms with Crippen LogP contribution in [-0.2, 0) is 4.74 Å². The number of phenols is 1. The summed E-state index contributed by atoms with van der Waals surface area (Å²) in [7, 11) is 0. The van der Waals surface area contributed by atoms with E-state index in [1.807, 2.05) is 6.92 Å². The molecule has 1 aromatic carbocycles. The second-order valence-corrected chi connectivity index (χ2v) is 4.82. The largest absolute Gasteiger partial charge is 0.508 e. The van der Waals surface area contributed by atoms with Crippen LogP contribution >= 0.6 is 0 Å². The molecule has 0 bridgehead atoms. The Labute approximate surface area is 107 Å². The van der Waals surface area contributed by atoms with E-state index in [-0.39, 0.29) is 23.7 Å². The molecule has 1 fully saturated rings. The average Bonchev–Trinajstić information content (AvgIpc) is 2.37. The van der Waals surface area contributed by atoms with Crippen LogP contribution in [-0.4, -0.2) is 24.4 Å². The molecule has 18 heavy (non-hydrogen) atoms. The van der Waals surface area contributed by atoms with Crippen molar-refractivity contribution in [3.05, 3.63) is 29.6 Å². The number of phenolic OH excluding ortho intramolecular Hbond substituents is 1. The third-order valence-electron chi connectivity index (χ3n) is 3.38. The summed E-state index contributed by atoms with van der Waals surface area (Å²) >= 11 is 0. The fourth-order valence-electron chi connectivity index (χ4n) is 2.25. The van der Waals surface area contributed by atoms with Gasteiger partial charge in [0.15, 0.2) is 0 Å². The van der Waals surface area contributed by atoms with Gasteiger partial charge in [0.25, 0.3) is 0 Å². The van der Waals surface area contributed by atoms with Gasteiger partial charge in [-0.25, -0.2) is 4.39 Å². The number of ether oxygens (including phenoxy) is 1. The zero-order valence-electron chi connectivity index (χ0n) is 10.7. The topological polar surface area (TPSA) is 41.5 Å². The number of halogens is 1. The summed E-state index contributed by atoms with van der Waals surface area (Å²) in [6.45, 7) is 3.48. The minimum Gasteiger partial charge on any atom is -0.508 e. The summed E-state index contributed by atoms with van der Waals surface area (Å²) in [5, 5.41) is 12.5. The maximum Gasteiger partial charge on any atom is 0.131 e. The average molecular weight is 253 g/mol. The Morgan fingerprint density at radius 3 is 3.00 bits per heavy atom. The van der Waals surface area contributed by atoms with Gasteiger partial charge in [-0.2, -0.15) is 0 Å². The Balaban J connectivity index is 1.88. The number of hydrogen-bond acceptors (Lipinski definition) is 3. The molecular weight excluding hydrogens is 233 g/mol. The molecule has 2 rings (SSSR count). The first-order valence-electron chi connectivity index (χ1n) is 6.50. The first kappa shape index (κ1) is 13.3. The number of nitrogens with one attached hydrogen (secondary N) is 1. The molecule has 2 unspecified atom stereocenters. The van der Waals surface area contributed by atoms with Crippen molar-refractivity contribution in [1.82, 2.24) is 5.32 Å². The Bertz CT molecular complexity index is 391. The molecule has 100 valence electrons. The molecule has 3 nitrogen and oxygen atoms in total. The highest BCUT2D eigenvalue weighted by Crippen LogP contribution is 2.21. The first-order valence-corrected chi connectivity index (χ1v) is 6.50. The maximum absolute atomic E-state index is 13.6. The monoisotopic (exact) mass is 253 g/mol. The lowest BCUT2D eigenvalue weighted by molar-refractivity contribution is 0.0156. The Kier molecular flexibility index (Phi) is 4.55. The molecule has 0 amide bonds.